The number of hydrogen-bond acceptors (Lipinski definition) is 6. The Morgan fingerprint density at radius 2 is 0.719 bits per heavy atom. The molecule has 1 heterocycles. The van der Waals surface area contributed by atoms with Gasteiger partial charge in [0.25, 0.3) is 0 Å². The molecule has 1 aliphatic heterocycles. The normalized spacial score (nSPS) is 18.2. The van der Waals surface area contributed by atoms with Gasteiger partial charge in [-0.2, -0.15) is 0 Å². The Balaban J connectivity index is 1.61. The molecule has 6 nitrogen and oxygen atoms in total. The molecule has 0 fully saturated rings. The van der Waals surface area contributed by atoms with Crippen molar-refractivity contribution in [3.05, 3.63) is 70.8 Å². The standard InChI is InChI=1S/C26H32O6/c1-3-7-25-21-31-19-17-29-15-13-27-11-12-28-14-16-30-18-20-32-22-26-8-4-2-6-24(26)10-9-23(25)5-1/h1-8H,11-22H2. The second kappa shape index (κ2) is 15.5. The Morgan fingerprint density at radius 1 is 0.406 bits per heavy atom. The van der Waals surface area contributed by atoms with Crippen LogP contribution in [0.4, 0.5) is 0 Å². The van der Waals surface area contributed by atoms with Crippen LogP contribution in [0.1, 0.15) is 22.3 Å². The first kappa shape index (κ1) is 24.4. The molecule has 0 saturated carbocycles. The van der Waals surface area contributed by atoms with E-state index in [0.717, 1.165) is 22.3 Å². The lowest BCUT2D eigenvalue weighted by Gasteiger charge is -2.10. The Kier molecular flexibility index (Phi) is 11.9. The monoisotopic (exact) mass is 440 g/mol. The fraction of sp³-hybridized carbons (Fsp3) is 0.462. The third-order valence-electron chi connectivity index (χ3n) is 4.74. The highest BCUT2D eigenvalue weighted by Gasteiger charge is 2.02. The summed E-state index contributed by atoms with van der Waals surface area (Å²) in [5, 5.41) is 0. The summed E-state index contributed by atoms with van der Waals surface area (Å²) in [5.74, 6) is 6.60. The molecule has 0 amide bonds. The van der Waals surface area contributed by atoms with Crippen LogP contribution >= 0.6 is 0 Å². The molecule has 2 aromatic rings. The molecule has 0 unspecified atom stereocenters. The van der Waals surface area contributed by atoms with Crippen LogP contribution < -0.4 is 0 Å². The number of ether oxygens (including phenoxy) is 6. The van der Waals surface area contributed by atoms with Crippen LogP contribution in [0.5, 0.6) is 0 Å². The van der Waals surface area contributed by atoms with Gasteiger partial charge in [-0.1, -0.05) is 48.2 Å². The third kappa shape index (κ3) is 9.49. The van der Waals surface area contributed by atoms with Gasteiger partial charge < -0.3 is 28.4 Å². The van der Waals surface area contributed by atoms with Crippen LogP contribution in [0, 0.1) is 11.8 Å². The smallest absolute Gasteiger partial charge is 0.0730 e. The highest BCUT2D eigenvalue weighted by molar-refractivity contribution is 5.48. The van der Waals surface area contributed by atoms with Gasteiger partial charge in [0.15, 0.2) is 0 Å². The van der Waals surface area contributed by atoms with E-state index in [-0.39, 0.29) is 0 Å². The van der Waals surface area contributed by atoms with Crippen molar-refractivity contribution in [3.8, 4) is 11.8 Å². The van der Waals surface area contributed by atoms with Crippen LogP contribution in [0.3, 0.4) is 0 Å². The summed E-state index contributed by atoms with van der Waals surface area (Å²) in [6.07, 6.45) is 0. The highest BCUT2D eigenvalue weighted by Crippen LogP contribution is 2.12. The molecule has 0 saturated heterocycles. The maximum Gasteiger partial charge on any atom is 0.0730 e. The molecule has 32 heavy (non-hydrogen) atoms. The van der Waals surface area contributed by atoms with Crippen molar-refractivity contribution >= 4 is 0 Å². The summed E-state index contributed by atoms with van der Waals surface area (Å²) < 4.78 is 33.6. The number of rotatable bonds is 0. The first-order chi connectivity index (χ1) is 15.9. The van der Waals surface area contributed by atoms with E-state index in [1.165, 1.54) is 0 Å². The molecule has 1 aliphatic rings. The van der Waals surface area contributed by atoms with Crippen molar-refractivity contribution in [1.82, 2.24) is 0 Å². The van der Waals surface area contributed by atoms with Gasteiger partial charge in [-0.05, 0) is 23.3 Å². The number of benzene rings is 2. The summed E-state index contributed by atoms with van der Waals surface area (Å²) in [5.41, 5.74) is 4.04. The van der Waals surface area contributed by atoms with Gasteiger partial charge in [0.2, 0.25) is 0 Å². The topological polar surface area (TPSA) is 55.4 Å². The molecular weight excluding hydrogens is 408 g/mol. The molecule has 0 N–H and O–H groups in total. The second-order valence-electron chi connectivity index (χ2n) is 7.12. The summed E-state index contributed by atoms with van der Waals surface area (Å²) >= 11 is 0. The Hall–Kier alpha value is -2.24. The van der Waals surface area contributed by atoms with E-state index in [4.69, 9.17) is 28.4 Å². The predicted molar refractivity (Wildman–Crippen MR) is 121 cm³/mol. The van der Waals surface area contributed by atoms with E-state index in [1.807, 2.05) is 48.5 Å². The minimum absolute atomic E-state index is 0.493. The average molecular weight is 441 g/mol. The first-order valence-electron chi connectivity index (χ1n) is 11.1. The molecule has 0 bridgehead atoms. The summed E-state index contributed by atoms with van der Waals surface area (Å²) in [6, 6.07) is 16.1. The lowest BCUT2D eigenvalue weighted by molar-refractivity contribution is -0.0186. The number of fused-ring (bicyclic) bond motifs is 2. The largest absolute Gasteiger partial charge is 0.377 e. The van der Waals surface area contributed by atoms with E-state index in [1.54, 1.807) is 0 Å². The molecule has 172 valence electrons. The van der Waals surface area contributed by atoms with Gasteiger partial charge in [0, 0.05) is 11.1 Å². The van der Waals surface area contributed by atoms with Crippen LogP contribution in [0.2, 0.25) is 0 Å². The third-order valence-corrected chi connectivity index (χ3v) is 4.74. The minimum atomic E-state index is 0.493. The van der Waals surface area contributed by atoms with E-state index < -0.39 is 0 Å². The van der Waals surface area contributed by atoms with Crippen molar-refractivity contribution < 1.29 is 28.4 Å². The van der Waals surface area contributed by atoms with Gasteiger partial charge >= 0.3 is 0 Å². The lowest BCUT2D eigenvalue weighted by Crippen LogP contribution is -2.14. The van der Waals surface area contributed by atoms with E-state index in [2.05, 4.69) is 11.8 Å². The molecule has 6 heteroatoms. The molecule has 3 rings (SSSR count). The quantitative estimate of drug-likeness (QED) is 0.587. The molecule has 0 aliphatic carbocycles. The SMILES string of the molecule is C1#Cc2ccccc2COCCOCCOCCOCCOCCOCc2ccccc21. The van der Waals surface area contributed by atoms with Crippen molar-refractivity contribution in [3.63, 3.8) is 0 Å². The molecule has 0 aromatic heterocycles. The van der Waals surface area contributed by atoms with Crippen LogP contribution in [-0.2, 0) is 41.6 Å². The van der Waals surface area contributed by atoms with E-state index in [0.29, 0.717) is 79.3 Å². The zero-order valence-corrected chi connectivity index (χ0v) is 18.6. The van der Waals surface area contributed by atoms with Crippen LogP contribution in [-0.4, -0.2) is 66.1 Å². The fourth-order valence-electron chi connectivity index (χ4n) is 3.03. The molecule has 2 aromatic carbocycles. The fourth-order valence-corrected chi connectivity index (χ4v) is 3.03. The summed E-state index contributed by atoms with van der Waals surface area (Å²) in [4.78, 5) is 0. The summed E-state index contributed by atoms with van der Waals surface area (Å²) in [7, 11) is 0. The highest BCUT2D eigenvalue weighted by atomic mass is 16.6. The Labute approximate surface area is 190 Å². The van der Waals surface area contributed by atoms with Gasteiger partial charge in [0.05, 0.1) is 79.3 Å². The lowest BCUT2D eigenvalue weighted by atomic mass is 10.1. The summed E-state index contributed by atoms with van der Waals surface area (Å²) in [6.45, 7) is 6.31. The second-order valence-corrected chi connectivity index (χ2v) is 7.12. The zero-order valence-electron chi connectivity index (χ0n) is 18.6. The maximum absolute atomic E-state index is 5.78. The Bertz CT molecular complexity index is 774. The molecular formula is C26H32O6. The van der Waals surface area contributed by atoms with Gasteiger partial charge in [-0.25, -0.2) is 0 Å². The molecule has 0 atom stereocenters. The van der Waals surface area contributed by atoms with Crippen LogP contribution in [0.25, 0.3) is 0 Å². The van der Waals surface area contributed by atoms with Crippen LogP contribution in [0.15, 0.2) is 48.5 Å². The Morgan fingerprint density at radius 3 is 1.09 bits per heavy atom. The van der Waals surface area contributed by atoms with Crippen molar-refractivity contribution in [2.24, 2.45) is 0 Å². The van der Waals surface area contributed by atoms with E-state index >= 15 is 0 Å². The van der Waals surface area contributed by atoms with E-state index in [9.17, 15) is 0 Å². The predicted octanol–water partition coefficient (Wildman–Crippen LogP) is 3.20. The molecule has 0 radical (unpaired) electrons. The van der Waals surface area contributed by atoms with Gasteiger partial charge in [-0.15, -0.1) is 0 Å². The minimum Gasteiger partial charge on any atom is -0.377 e. The van der Waals surface area contributed by atoms with Crippen molar-refractivity contribution in [2.45, 2.75) is 13.2 Å². The van der Waals surface area contributed by atoms with Gasteiger partial charge in [-0.3, -0.25) is 0 Å². The molecule has 0 spiro atoms. The number of hydrogen-bond donors (Lipinski definition) is 0. The maximum atomic E-state index is 5.78. The zero-order chi connectivity index (χ0) is 22.1. The van der Waals surface area contributed by atoms with Gasteiger partial charge in [0.1, 0.15) is 0 Å². The average Bonchev–Trinajstić information content (AvgIpc) is 2.82. The van der Waals surface area contributed by atoms with Crippen molar-refractivity contribution in [2.75, 3.05) is 66.1 Å². The van der Waals surface area contributed by atoms with Crippen molar-refractivity contribution in [1.29, 1.82) is 0 Å². The first-order valence-corrected chi connectivity index (χ1v) is 11.1.